The predicted molar refractivity (Wildman–Crippen MR) is 141 cm³/mol. The third kappa shape index (κ3) is 5.52. The van der Waals surface area contributed by atoms with E-state index in [1.165, 1.54) is 11.0 Å². The number of ether oxygens (including phenoxy) is 2. The second kappa shape index (κ2) is 11.2. The fraction of sp³-hybridized carbons (Fsp3) is 0.192. The highest BCUT2D eigenvalue weighted by Crippen LogP contribution is 2.26. The normalized spacial score (nSPS) is 10.8. The molecule has 3 N–H and O–H groups in total. The maximum Gasteiger partial charge on any atom is 0.362 e. The highest BCUT2D eigenvalue weighted by atomic mass is 35.5. The number of nitrogens with zero attached hydrogens (tertiary/aromatic N) is 3. The molecule has 0 saturated carbocycles. The number of hydrogen-bond donors (Lipinski definition) is 2. The van der Waals surface area contributed by atoms with Crippen molar-refractivity contribution >= 4 is 46.3 Å². The lowest BCUT2D eigenvalue weighted by molar-refractivity contribution is 0.0511. The van der Waals surface area contributed by atoms with E-state index in [0.29, 0.717) is 33.0 Å². The van der Waals surface area contributed by atoms with Gasteiger partial charge in [0.2, 0.25) is 5.69 Å². The van der Waals surface area contributed by atoms with E-state index >= 15 is 0 Å². The minimum absolute atomic E-state index is 0.105. The van der Waals surface area contributed by atoms with E-state index < -0.39 is 23.5 Å². The van der Waals surface area contributed by atoms with Crippen LogP contribution in [0.5, 0.6) is 0 Å². The third-order valence-electron chi connectivity index (χ3n) is 5.56. The second-order valence-electron chi connectivity index (χ2n) is 8.07. The number of aromatic nitrogens is 3. The summed E-state index contributed by atoms with van der Waals surface area (Å²) in [7, 11) is 0. The molecule has 2 heterocycles. The summed E-state index contributed by atoms with van der Waals surface area (Å²) in [6, 6.07) is 10.6. The van der Waals surface area contributed by atoms with Crippen LogP contribution in [0.3, 0.4) is 0 Å². The molecule has 0 atom stereocenters. The summed E-state index contributed by atoms with van der Waals surface area (Å²) in [6.45, 7) is 3.86. The van der Waals surface area contributed by atoms with Gasteiger partial charge in [0.15, 0.2) is 0 Å². The molecule has 196 valence electrons. The third-order valence-corrected chi connectivity index (χ3v) is 5.86. The van der Waals surface area contributed by atoms with Crippen molar-refractivity contribution in [1.82, 2.24) is 14.5 Å². The lowest BCUT2D eigenvalue weighted by atomic mass is 10.2. The van der Waals surface area contributed by atoms with Crippen LogP contribution < -0.4 is 16.2 Å². The van der Waals surface area contributed by atoms with Gasteiger partial charge in [-0.2, -0.15) is 0 Å². The van der Waals surface area contributed by atoms with Crippen LogP contribution in [0, 0.1) is 0 Å². The molecule has 4 rings (SSSR count). The zero-order chi connectivity index (χ0) is 27.4. The summed E-state index contributed by atoms with van der Waals surface area (Å²) >= 11 is 6.48. The fourth-order valence-corrected chi connectivity index (χ4v) is 4.05. The number of nitrogens with one attached hydrogen (secondary N) is 1. The Labute approximate surface area is 221 Å². The maximum atomic E-state index is 12.2. The van der Waals surface area contributed by atoms with Gasteiger partial charge in [-0.15, -0.1) is 0 Å². The van der Waals surface area contributed by atoms with E-state index in [9.17, 15) is 19.2 Å². The monoisotopic (exact) mass is 537 g/mol. The number of anilines is 1. The topological polar surface area (TPSA) is 150 Å². The summed E-state index contributed by atoms with van der Waals surface area (Å²) in [5.41, 5.74) is 7.42. The molecule has 0 spiro atoms. The van der Waals surface area contributed by atoms with Gasteiger partial charge in [-0.25, -0.2) is 19.4 Å². The van der Waals surface area contributed by atoms with Gasteiger partial charge in [-0.1, -0.05) is 11.6 Å². The average Bonchev–Trinajstić information content (AvgIpc) is 3.35. The number of H-pyrrole nitrogens is 1. The maximum absolute atomic E-state index is 12.2. The number of halogens is 1. The fourth-order valence-electron chi connectivity index (χ4n) is 3.79. The van der Waals surface area contributed by atoms with Crippen molar-refractivity contribution in [1.29, 1.82) is 0 Å². The molecule has 2 aromatic carbocycles. The highest BCUT2D eigenvalue weighted by molar-refractivity contribution is 6.33. The van der Waals surface area contributed by atoms with Gasteiger partial charge in [-0.3, -0.25) is 9.69 Å². The number of carbonyl (C=O) groups excluding carboxylic acids is 3. The van der Waals surface area contributed by atoms with E-state index in [-0.39, 0.29) is 25.5 Å². The van der Waals surface area contributed by atoms with Crippen LogP contribution in [0.1, 0.15) is 40.3 Å². The van der Waals surface area contributed by atoms with Gasteiger partial charge < -0.3 is 24.8 Å². The van der Waals surface area contributed by atoms with Crippen molar-refractivity contribution in [3.8, 4) is 5.69 Å². The van der Waals surface area contributed by atoms with Crippen LogP contribution in [0.25, 0.3) is 16.7 Å². The molecule has 0 unspecified atom stereocenters. The molecule has 4 aromatic rings. The van der Waals surface area contributed by atoms with E-state index in [1.807, 2.05) is 0 Å². The Kier molecular flexibility index (Phi) is 7.77. The van der Waals surface area contributed by atoms with Crippen LogP contribution in [-0.4, -0.2) is 45.7 Å². The summed E-state index contributed by atoms with van der Waals surface area (Å²) in [5, 5.41) is 0.322. The van der Waals surface area contributed by atoms with Gasteiger partial charge in [0.05, 0.1) is 47.1 Å². The van der Waals surface area contributed by atoms with Gasteiger partial charge in [0.25, 0.3) is 5.56 Å². The van der Waals surface area contributed by atoms with Gasteiger partial charge in [0.1, 0.15) is 0 Å². The molecular formula is C26H24ClN5O6. The first kappa shape index (κ1) is 26.4. The van der Waals surface area contributed by atoms with Crippen molar-refractivity contribution in [3.05, 3.63) is 87.1 Å². The summed E-state index contributed by atoms with van der Waals surface area (Å²) in [4.78, 5) is 56.6. The van der Waals surface area contributed by atoms with Crippen molar-refractivity contribution < 1.29 is 23.9 Å². The molecule has 2 aromatic heterocycles. The van der Waals surface area contributed by atoms with Gasteiger partial charge in [-0.05, 0) is 61.9 Å². The van der Waals surface area contributed by atoms with Crippen LogP contribution in [0.15, 0.2) is 59.7 Å². The summed E-state index contributed by atoms with van der Waals surface area (Å²) in [6.07, 6.45) is 3.50. The summed E-state index contributed by atoms with van der Waals surface area (Å²) < 4.78 is 11.6. The molecule has 0 aliphatic heterocycles. The first-order chi connectivity index (χ1) is 18.2. The Morgan fingerprint density at radius 2 is 1.74 bits per heavy atom. The van der Waals surface area contributed by atoms with Crippen molar-refractivity contribution in [2.45, 2.75) is 20.4 Å². The van der Waals surface area contributed by atoms with Gasteiger partial charge >= 0.3 is 18.0 Å². The number of nitrogens with two attached hydrogens (primary N) is 1. The van der Waals surface area contributed by atoms with E-state index in [4.69, 9.17) is 26.8 Å². The molecule has 0 fully saturated rings. The number of esters is 2. The number of amides is 2. The number of rotatable bonds is 8. The Balaban J connectivity index is 1.62. The number of urea groups is 1. The molecule has 12 heteroatoms. The zero-order valence-corrected chi connectivity index (χ0v) is 21.3. The number of carbonyl (C=O) groups is 3. The van der Waals surface area contributed by atoms with Crippen molar-refractivity contribution in [3.63, 3.8) is 0 Å². The predicted octanol–water partition coefficient (Wildman–Crippen LogP) is 3.81. The number of benzene rings is 2. The first-order valence-corrected chi connectivity index (χ1v) is 12.0. The quantitative estimate of drug-likeness (QED) is 0.324. The van der Waals surface area contributed by atoms with E-state index in [0.717, 1.165) is 5.56 Å². The molecule has 0 aliphatic carbocycles. The molecule has 0 aliphatic rings. The van der Waals surface area contributed by atoms with Crippen molar-refractivity contribution in [2.75, 3.05) is 18.1 Å². The molecule has 0 bridgehead atoms. The van der Waals surface area contributed by atoms with Crippen molar-refractivity contribution in [2.24, 2.45) is 5.73 Å². The Morgan fingerprint density at radius 3 is 2.39 bits per heavy atom. The number of hydrogen-bond acceptors (Lipinski definition) is 7. The smallest absolute Gasteiger partial charge is 0.362 e. The molecule has 0 saturated heterocycles. The van der Waals surface area contributed by atoms with E-state index in [1.54, 1.807) is 67.2 Å². The minimum Gasteiger partial charge on any atom is -0.462 e. The second-order valence-corrected chi connectivity index (χ2v) is 8.48. The lowest BCUT2D eigenvalue weighted by Crippen LogP contribution is -2.35. The number of aromatic amines is 1. The lowest BCUT2D eigenvalue weighted by Gasteiger charge is -2.20. The highest BCUT2D eigenvalue weighted by Gasteiger charge is 2.18. The summed E-state index contributed by atoms with van der Waals surface area (Å²) in [5.74, 6) is -1.28. The average molecular weight is 538 g/mol. The number of fused-ring (bicyclic) bond motifs is 1. The molecule has 2 amide bonds. The Bertz CT molecular complexity index is 1580. The van der Waals surface area contributed by atoms with Gasteiger partial charge in [0, 0.05) is 18.1 Å². The molecular weight excluding hydrogens is 514 g/mol. The SMILES string of the molecule is CCOC(=O)c1ccc(N(Cc2ccn(-c3cc4nc(C(=O)OCC)c(=O)[nH]c4cc3Cl)c2)C(N)=O)cc1. The molecule has 11 nitrogen and oxygen atoms in total. The first-order valence-electron chi connectivity index (χ1n) is 11.6. The van der Waals surface area contributed by atoms with E-state index in [2.05, 4.69) is 9.97 Å². The molecule has 38 heavy (non-hydrogen) atoms. The Hall–Kier alpha value is -4.64. The minimum atomic E-state index is -0.822. The zero-order valence-electron chi connectivity index (χ0n) is 20.6. The molecule has 0 radical (unpaired) electrons. The standard InChI is InChI=1S/C26H24ClN5O6/c1-3-37-24(34)16-5-7-17(8-6-16)32(26(28)36)14-15-9-10-31(13-15)21-12-20-19(11-18(21)27)30-23(33)22(29-20)25(35)38-4-2/h5-13H,3-4,14H2,1-2H3,(H2,28,36)(H,30,33). The Morgan fingerprint density at radius 1 is 1.05 bits per heavy atom. The largest absolute Gasteiger partial charge is 0.462 e. The van der Waals surface area contributed by atoms with Crippen LogP contribution in [0.2, 0.25) is 5.02 Å². The van der Waals surface area contributed by atoms with Crippen LogP contribution in [0.4, 0.5) is 10.5 Å². The van der Waals surface area contributed by atoms with Crippen LogP contribution in [-0.2, 0) is 16.0 Å². The van der Waals surface area contributed by atoms with Crippen LogP contribution >= 0.6 is 11.6 Å². The number of primary amides is 1.